The minimum atomic E-state index is -0.244. The highest BCUT2D eigenvalue weighted by atomic mass is 16.5. The fourth-order valence-electron chi connectivity index (χ4n) is 4.86. The third-order valence-corrected chi connectivity index (χ3v) is 7.00. The zero-order valence-electron chi connectivity index (χ0n) is 21.7. The molecule has 1 atom stereocenters. The van der Waals surface area contributed by atoms with E-state index in [1.165, 1.54) is 0 Å². The molecule has 0 bridgehead atoms. The lowest BCUT2D eigenvalue weighted by Crippen LogP contribution is -2.48. The van der Waals surface area contributed by atoms with Gasteiger partial charge in [-0.05, 0) is 42.7 Å². The Balaban J connectivity index is 1.74. The Bertz CT molecular complexity index is 1140. The van der Waals surface area contributed by atoms with Crippen molar-refractivity contribution in [3.05, 3.63) is 53.1 Å². The van der Waals surface area contributed by atoms with Gasteiger partial charge in [0.1, 0.15) is 0 Å². The molecular formula is C27H35N5O4. The van der Waals surface area contributed by atoms with Crippen LogP contribution in [0.15, 0.2) is 41.5 Å². The minimum absolute atomic E-state index is 0.101. The smallest absolute Gasteiger partial charge is 0.337 e. The van der Waals surface area contributed by atoms with Gasteiger partial charge in [0.2, 0.25) is 5.91 Å². The molecule has 1 N–H and O–H groups in total. The normalized spacial score (nSPS) is 17.6. The van der Waals surface area contributed by atoms with Crippen LogP contribution in [0.2, 0.25) is 0 Å². The van der Waals surface area contributed by atoms with Gasteiger partial charge in [0.25, 0.3) is 0 Å². The predicted octanol–water partition coefficient (Wildman–Crippen LogP) is 3.10. The number of piperazine rings is 1. The number of hydrogen-bond acceptors (Lipinski definition) is 6. The molecular weight excluding hydrogens is 458 g/mol. The Morgan fingerprint density at radius 2 is 1.67 bits per heavy atom. The summed E-state index contributed by atoms with van der Waals surface area (Å²) in [5.74, 6) is 1.39. The van der Waals surface area contributed by atoms with Crippen LogP contribution in [0.1, 0.15) is 37.0 Å². The topological polar surface area (TPSA) is 86.7 Å². The molecule has 9 heteroatoms. The summed E-state index contributed by atoms with van der Waals surface area (Å²) in [5.41, 5.74) is 4.67. The number of carbonyl (C=O) groups is 2. The van der Waals surface area contributed by atoms with Gasteiger partial charge in [-0.2, -0.15) is 5.10 Å². The van der Waals surface area contributed by atoms with Crippen molar-refractivity contribution in [2.45, 2.75) is 32.7 Å². The molecule has 1 fully saturated rings. The van der Waals surface area contributed by atoms with E-state index in [-0.39, 0.29) is 18.0 Å². The van der Waals surface area contributed by atoms with Gasteiger partial charge < -0.3 is 24.6 Å². The first-order chi connectivity index (χ1) is 17.4. The van der Waals surface area contributed by atoms with Gasteiger partial charge >= 0.3 is 6.03 Å². The molecule has 1 saturated heterocycles. The fraction of sp³-hybridized carbons (Fsp3) is 0.444. The first-order valence-corrected chi connectivity index (χ1v) is 12.4. The molecule has 1 unspecified atom stereocenters. The lowest BCUT2D eigenvalue weighted by atomic mass is 9.93. The van der Waals surface area contributed by atoms with Crippen molar-refractivity contribution in [2.24, 2.45) is 5.10 Å². The molecule has 0 aromatic heterocycles. The molecule has 9 nitrogen and oxygen atoms in total. The standard InChI is InChI=1S/C27H35N5O4/c1-6-21-15-20-16-24(35-4)25(36-5)17-23(20)26(29-32(21)27(34)28-3)19-7-9-22(10-8-19)31-13-11-30(12-14-31)18(2)33/h7-10,16-17,21H,6,11-15H2,1-5H3,(H,28,34). The zero-order valence-corrected chi connectivity index (χ0v) is 21.7. The lowest BCUT2D eigenvalue weighted by molar-refractivity contribution is -0.129. The summed E-state index contributed by atoms with van der Waals surface area (Å²) in [5, 5.41) is 9.19. The van der Waals surface area contributed by atoms with Crippen LogP contribution in [0.4, 0.5) is 10.5 Å². The molecule has 0 saturated carbocycles. The maximum Gasteiger partial charge on any atom is 0.337 e. The van der Waals surface area contributed by atoms with Gasteiger partial charge in [-0.1, -0.05) is 19.1 Å². The number of nitrogens with one attached hydrogen (secondary N) is 1. The van der Waals surface area contributed by atoms with Crippen molar-refractivity contribution in [2.75, 3.05) is 52.3 Å². The van der Waals surface area contributed by atoms with E-state index in [0.717, 1.165) is 55.0 Å². The van der Waals surface area contributed by atoms with E-state index in [2.05, 4.69) is 29.3 Å². The van der Waals surface area contributed by atoms with E-state index >= 15 is 0 Å². The van der Waals surface area contributed by atoms with Crippen molar-refractivity contribution in [1.82, 2.24) is 15.2 Å². The van der Waals surface area contributed by atoms with Crippen molar-refractivity contribution in [3.8, 4) is 11.5 Å². The summed E-state index contributed by atoms with van der Waals surface area (Å²) in [6, 6.07) is 11.8. The van der Waals surface area contributed by atoms with Crippen LogP contribution < -0.4 is 19.7 Å². The molecule has 192 valence electrons. The Hall–Kier alpha value is -3.75. The molecule has 0 spiro atoms. The Morgan fingerprint density at radius 3 is 2.22 bits per heavy atom. The first kappa shape index (κ1) is 25.3. The van der Waals surface area contributed by atoms with E-state index in [9.17, 15) is 9.59 Å². The average Bonchev–Trinajstić information content (AvgIpc) is 3.08. The van der Waals surface area contributed by atoms with Crippen molar-refractivity contribution >= 4 is 23.3 Å². The van der Waals surface area contributed by atoms with Crippen LogP contribution in [0.3, 0.4) is 0 Å². The zero-order chi connectivity index (χ0) is 25.8. The number of rotatable bonds is 5. The summed E-state index contributed by atoms with van der Waals surface area (Å²) >= 11 is 0. The second-order valence-corrected chi connectivity index (χ2v) is 9.02. The maximum atomic E-state index is 12.8. The Kier molecular flexibility index (Phi) is 7.67. The fourth-order valence-corrected chi connectivity index (χ4v) is 4.86. The first-order valence-electron chi connectivity index (χ1n) is 12.4. The molecule has 2 aliphatic heterocycles. The summed E-state index contributed by atoms with van der Waals surface area (Å²) < 4.78 is 11.2. The molecule has 2 heterocycles. The van der Waals surface area contributed by atoms with E-state index in [0.29, 0.717) is 23.6 Å². The van der Waals surface area contributed by atoms with Crippen LogP contribution in [0.25, 0.3) is 0 Å². The number of anilines is 1. The molecule has 2 aromatic carbocycles. The number of methoxy groups -OCH3 is 2. The summed E-state index contributed by atoms with van der Waals surface area (Å²) in [4.78, 5) is 28.6. The number of benzene rings is 2. The minimum Gasteiger partial charge on any atom is -0.493 e. The van der Waals surface area contributed by atoms with Gasteiger partial charge in [0, 0.05) is 57.0 Å². The van der Waals surface area contributed by atoms with Crippen molar-refractivity contribution in [1.29, 1.82) is 0 Å². The van der Waals surface area contributed by atoms with Crippen LogP contribution in [0, 0.1) is 0 Å². The maximum absolute atomic E-state index is 12.8. The Labute approximate surface area is 212 Å². The number of ether oxygens (including phenoxy) is 2. The van der Waals surface area contributed by atoms with E-state index in [1.54, 1.807) is 33.2 Å². The number of hydrazone groups is 1. The van der Waals surface area contributed by atoms with Crippen LogP contribution in [0.5, 0.6) is 11.5 Å². The summed E-state index contributed by atoms with van der Waals surface area (Å²) in [6.07, 6.45) is 1.40. The Morgan fingerprint density at radius 1 is 1.03 bits per heavy atom. The second kappa shape index (κ2) is 10.9. The molecule has 36 heavy (non-hydrogen) atoms. The average molecular weight is 494 g/mol. The molecule has 3 amide bonds. The third-order valence-electron chi connectivity index (χ3n) is 7.00. The van der Waals surface area contributed by atoms with Gasteiger partial charge in [0.05, 0.1) is 26.0 Å². The van der Waals surface area contributed by atoms with E-state index in [1.807, 2.05) is 29.2 Å². The van der Waals surface area contributed by atoms with Gasteiger partial charge in [0.15, 0.2) is 11.5 Å². The number of fused-ring (bicyclic) bond motifs is 1. The van der Waals surface area contributed by atoms with Gasteiger partial charge in [-0.25, -0.2) is 9.80 Å². The number of carbonyl (C=O) groups excluding carboxylic acids is 2. The highest BCUT2D eigenvalue weighted by molar-refractivity contribution is 6.14. The van der Waals surface area contributed by atoms with E-state index < -0.39 is 0 Å². The van der Waals surface area contributed by atoms with Crippen molar-refractivity contribution in [3.63, 3.8) is 0 Å². The number of amides is 3. The molecule has 2 aliphatic rings. The van der Waals surface area contributed by atoms with Gasteiger partial charge in [-0.3, -0.25) is 4.79 Å². The number of urea groups is 1. The summed E-state index contributed by atoms with van der Waals surface area (Å²) in [6.45, 7) is 6.70. The van der Waals surface area contributed by atoms with Crippen LogP contribution >= 0.6 is 0 Å². The quantitative estimate of drug-likeness (QED) is 0.692. The van der Waals surface area contributed by atoms with E-state index in [4.69, 9.17) is 14.6 Å². The molecule has 4 rings (SSSR count). The lowest BCUT2D eigenvalue weighted by Gasteiger charge is -2.35. The molecule has 0 radical (unpaired) electrons. The highest BCUT2D eigenvalue weighted by Crippen LogP contribution is 2.35. The highest BCUT2D eigenvalue weighted by Gasteiger charge is 2.30. The number of nitrogens with zero attached hydrogens (tertiary/aromatic N) is 4. The van der Waals surface area contributed by atoms with Crippen LogP contribution in [-0.2, 0) is 11.2 Å². The van der Waals surface area contributed by atoms with Gasteiger partial charge in [-0.15, -0.1) is 0 Å². The predicted molar refractivity (Wildman–Crippen MR) is 140 cm³/mol. The molecule has 0 aliphatic carbocycles. The molecule has 2 aromatic rings. The van der Waals surface area contributed by atoms with Crippen LogP contribution in [-0.4, -0.2) is 81.0 Å². The number of hydrogen-bond donors (Lipinski definition) is 1. The second-order valence-electron chi connectivity index (χ2n) is 9.02. The van der Waals surface area contributed by atoms with Crippen molar-refractivity contribution < 1.29 is 19.1 Å². The summed E-state index contributed by atoms with van der Waals surface area (Å²) in [7, 11) is 4.86. The monoisotopic (exact) mass is 493 g/mol. The SMILES string of the molecule is CCC1Cc2cc(OC)c(OC)cc2C(c2ccc(N3CCN(C(C)=O)CC3)cc2)=NN1C(=O)NC. The largest absolute Gasteiger partial charge is 0.493 e. The third kappa shape index (κ3) is 4.96.